The lowest BCUT2D eigenvalue weighted by atomic mass is 9.96. The van der Waals surface area contributed by atoms with Gasteiger partial charge in [0.15, 0.2) is 0 Å². The highest BCUT2D eigenvalue weighted by molar-refractivity contribution is 5.92. The number of carbonyl (C=O) groups is 1. The van der Waals surface area contributed by atoms with Crippen molar-refractivity contribution in [3.8, 4) is 0 Å². The molecule has 3 heterocycles. The van der Waals surface area contributed by atoms with Crippen molar-refractivity contribution < 1.29 is 4.79 Å². The van der Waals surface area contributed by atoms with Crippen molar-refractivity contribution in [1.29, 1.82) is 0 Å². The van der Waals surface area contributed by atoms with Crippen LogP contribution in [0, 0.1) is 6.92 Å². The van der Waals surface area contributed by atoms with Crippen LogP contribution in [0.1, 0.15) is 53.3 Å². The van der Waals surface area contributed by atoms with Gasteiger partial charge in [0.25, 0.3) is 5.91 Å². The van der Waals surface area contributed by atoms with Gasteiger partial charge < -0.3 is 9.47 Å². The molecule has 6 heteroatoms. The molecular weight excluding hydrogens is 350 g/mol. The maximum absolute atomic E-state index is 13.1. The molecule has 1 aromatic carbocycles. The van der Waals surface area contributed by atoms with E-state index in [-0.39, 0.29) is 11.8 Å². The van der Waals surface area contributed by atoms with Crippen LogP contribution in [0.5, 0.6) is 0 Å². The molecule has 1 aliphatic rings. The van der Waals surface area contributed by atoms with Gasteiger partial charge in [0.05, 0.1) is 5.69 Å². The average molecular weight is 377 g/mol. The number of benzene rings is 1. The van der Waals surface area contributed by atoms with Crippen LogP contribution in [0.3, 0.4) is 0 Å². The fourth-order valence-electron chi connectivity index (χ4n) is 4.09. The molecule has 28 heavy (non-hydrogen) atoms. The number of amides is 1. The summed E-state index contributed by atoms with van der Waals surface area (Å²) in [5.74, 6) is 1.41. The zero-order valence-electron chi connectivity index (χ0n) is 16.6. The summed E-state index contributed by atoms with van der Waals surface area (Å²) in [6, 6.07) is 12.3. The van der Waals surface area contributed by atoms with Crippen LogP contribution >= 0.6 is 0 Å². The lowest BCUT2D eigenvalue weighted by Gasteiger charge is -2.32. The predicted octanol–water partition coefficient (Wildman–Crippen LogP) is 3.48. The molecule has 1 atom stereocenters. The van der Waals surface area contributed by atoms with Gasteiger partial charge in [0.2, 0.25) is 0 Å². The minimum atomic E-state index is 0.0771. The molecule has 1 aliphatic heterocycles. The van der Waals surface area contributed by atoms with Crippen LogP contribution in [0.4, 0.5) is 0 Å². The van der Waals surface area contributed by atoms with Gasteiger partial charge in [-0.15, -0.1) is 0 Å². The number of aryl methyl sites for hydroxylation is 2. The van der Waals surface area contributed by atoms with Crippen molar-refractivity contribution >= 4 is 5.91 Å². The third kappa shape index (κ3) is 3.72. The Morgan fingerprint density at radius 3 is 2.86 bits per heavy atom. The topological polar surface area (TPSA) is 56.0 Å². The van der Waals surface area contributed by atoms with Gasteiger partial charge in [-0.05, 0) is 38.3 Å². The number of likely N-dealkylation sites (tertiary alicyclic amines) is 1. The summed E-state index contributed by atoms with van der Waals surface area (Å²) in [4.78, 5) is 19.7. The summed E-state index contributed by atoms with van der Waals surface area (Å²) in [5.41, 5.74) is 2.83. The molecular formula is C22H27N5O. The molecule has 0 radical (unpaired) electrons. The summed E-state index contributed by atoms with van der Waals surface area (Å²) >= 11 is 0. The molecule has 1 unspecified atom stereocenters. The molecule has 6 nitrogen and oxygen atoms in total. The molecule has 146 valence electrons. The Balaban J connectivity index is 1.52. The van der Waals surface area contributed by atoms with Crippen molar-refractivity contribution in [2.45, 2.75) is 45.7 Å². The molecule has 1 amide bonds. The Bertz CT molecular complexity index is 943. The molecule has 1 fully saturated rings. The number of carbonyl (C=O) groups excluding carboxylic acids is 1. The van der Waals surface area contributed by atoms with Crippen molar-refractivity contribution in [2.75, 3.05) is 13.1 Å². The van der Waals surface area contributed by atoms with Crippen LogP contribution in [-0.4, -0.2) is 43.2 Å². The van der Waals surface area contributed by atoms with E-state index in [4.69, 9.17) is 0 Å². The fraction of sp³-hybridized carbons (Fsp3) is 0.409. The summed E-state index contributed by atoms with van der Waals surface area (Å²) < 4.78 is 4.02. The first kappa shape index (κ1) is 18.5. The van der Waals surface area contributed by atoms with E-state index in [1.165, 1.54) is 5.56 Å². The summed E-state index contributed by atoms with van der Waals surface area (Å²) in [7, 11) is 0. The van der Waals surface area contributed by atoms with Crippen LogP contribution < -0.4 is 0 Å². The average Bonchev–Trinajstić information content (AvgIpc) is 3.34. The SMILES string of the molecule is CCn1nc(C)cc1C(=O)N1CCCC(c2nccn2Cc2ccccc2)C1. The van der Waals surface area contributed by atoms with Crippen LogP contribution in [-0.2, 0) is 13.1 Å². The summed E-state index contributed by atoms with van der Waals surface area (Å²) in [5, 5.41) is 4.43. The number of nitrogens with zero attached hydrogens (tertiary/aromatic N) is 5. The molecule has 0 N–H and O–H groups in total. The van der Waals surface area contributed by atoms with E-state index in [9.17, 15) is 4.79 Å². The smallest absolute Gasteiger partial charge is 0.272 e. The Morgan fingerprint density at radius 1 is 1.25 bits per heavy atom. The lowest BCUT2D eigenvalue weighted by molar-refractivity contribution is 0.0691. The molecule has 0 saturated carbocycles. The highest BCUT2D eigenvalue weighted by atomic mass is 16.2. The van der Waals surface area contributed by atoms with E-state index in [0.717, 1.165) is 37.4 Å². The Kier molecular flexibility index (Phi) is 5.28. The zero-order valence-corrected chi connectivity index (χ0v) is 16.6. The van der Waals surface area contributed by atoms with Crippen molar-refractivity contribution in [3.05, 3.63) is 71.6 Å². The highest BCUT2D eigenvalue weighted by Gasteiger charge is 2.29. The highest BCUT2D eigenvalue weighted by Crippen LogP contribution is 2.27. The second-order valence-corrected chi connectivity index (χ2v) is 7.48. The standard InChI is InChI=1S/C22H27N5O/c1-3-27-20(14-17(2)24-27)22(28)26-12-7-10-19(16-26)21-23-11-13-25(21)15-18-8-5-4-6-9-18/h4-6,8-9,11,13-14,19H,3,7,10,12,15-16H2,1-2H3. The molecule has 2 aromatic heterocycles. The fourth-order valence-corrected chi connectivity index (χ4v) is 4.09. The van der Waals surface area contributed by atoms with E-state index in [2.05, 4.69) is 38.9 Å². The lowest BCUT2D eigenvalue weighted by Crippen LogP contribution is -2.40. The predicted molar refractivity (Wildman–Crippen MR) is 108 cm³/mol. The van der Waals surface area contributed by atoms with Gasteiger partial charge in [-0.25, -0.2) is 4.98 Å². The van der Waals surface area contributed by atoms with E-state index in [1.54, 1.807) is 4.68 Å². The Labute approximate surface area is 165 Å². The number of hydrogen-bond acceptors (Lipinski definition) is 3. The molecule has 0 spiro atoms. The maximum atomic E-state index is 13.1. The minimum absolute atomic E-state index is 0.0771. The van der Waals surface area contributed by atoms with Crippen molar-refractivity contribution in [3.63, 3.8) is 0 Å². The largest absolute Gasteiger partial charge is 0.337 e. The Hall–Kier alpha value is -2.89. The maximum Gasteiger partial charge on any atom is 0.272 e. The molecule has 0 aliphatic carbocycles. The molecule has 1 saturated heterocycles. The minimum Gasteiger partial charge on any atom is -0.337 e. The van der Waals surface area contributed by atoms with Crippen molar-refractivity contribution in [1.82, 2.24) is 24.2 Å². The Morgan fingerprint density at radius 2 is 2.07 bits per heavy atom. The third-order valence-electron chi connectivity index (χ3n) is 5.44. The number of piperidine rings is 1. The third-order valence-corrected chi connectivity index (χ3v) is 5.44. The van der Waals surface area contributed by atoms with Gasteiger partial charge in [-0.2, -0.15) is 5.10 Å². The molecule has 0 bridgehead atoms. The van der Waals surface area contributed by atoms with Gasteiger partial charge in [-0.1, -0.05) is 30.3 Å². The summed E-state index contributed by atoms with van der Waals surface area (Å²) in [6.45, 7) is 6.96. The van der Waals surface area contributed by atoms with Crippen LogP contribution in [0.25, 0.3) is 0 Å². The number of rotatable bonds is 5. The normalized spacial score (nSPS) is 17.1. The molecule has 4 rings (SSSR count). The second kappa shape index (κ2) is 8.00. The van der Waals surface area contributed by atoms with E-state index < -0.39 is 0 Å². The number of imidazole rings is 1. The first-order chi connectivity index (χ1) is 13.7. The summed E-state index contributed by atoms with van der Waals surface area (Å²) in [6.07, 6.45) is 5.96. The first-order valence-electron chi connectivity index (χ1n) is 10.0. The zero-order chi connectivity index (χ0) is 19.5. The molecule has 3 aromatic rings. The van der Waals surface area contributed by atoms with E-state index in [0.29, 0.717) is 18.8 Å². The van der Waals surface area contributed by atoms with Gasteiger partial charge in [0, 0.05) is 44.5 Å². The number of aromatic nitrogens is 4. The van der Waals surface area contributed by atoms with E-state index in [1.807, 2.05) is 43.3 Å². The van der Waals surface area contributed by atoms with Crippen LogP contribution in [0.2, 0.25) is 0 Å². The second-order valence-electron chi connectivity index (χ2n) is 7.48. The van der Waals surface area contributed by atoms with E-state index >= 15 is 0 Å². The monoisotopic (exact) mass is 377 g/mol. The quantitative estimate of drug-likeness (QED) is 0.684. The van der Waals surface area contributed by atoms with Crippen LogP contribution in [0.15, 0.2) is 48.8 Å². The first-order valence-corrected chi connectivity index (χ1v) is 10.0. The van der Waals surface area contributed by atoms with Gasteiger partial charge in [-0.3, -0.25) is 9.48 Å². The van der Waals surface area contributed by atoms with Gasteiger partial charge >= 0.3 is 0 Å². The van der Waals surface area contributed by atoms with Crippen molar-refractivity contribution in [2.24, 2.45) is 0 Å². The number of hydrogen-bond donors (Lipinski definition) is 0. The van der Waals surface area contributed by atoms with Gasteiger partial charge in [0.1, 0.15) is 11.5 Å².